The molecule has 0 bridgehead atoms. The lowest BCUT2D eigenvalue weighted by Gasteiger charge is -2.13. The zero-order valence-corrected chi connectivity index (χ0v) is 14.1. The van der Waals surface area contributed by atoms with Crippen LogP contribution in [-0.2, 0) is 19.5 Å². The number of nitrogens with zero attached hydrogens (tertiary/aromatic N) is 1. The van der Waals surface area contributed by atoms with Crippen LogP contribution in [-0.4, -0.2) is 35.6 Å². The van der Waals surface area contributed by atoms with E-state index in [1.54, 1.807) is 25.2 Å². The molecule has 0 fully saturated rings. The molecule has 0 saturated carbocycles. The number of H-pyrrole nitrogens is 1. The molecule has 1 aromatic heterocycles. The maximum atomic E-state index is 12.3. The van der Waals surface area contributed by atoms with Gasteiger partial charge in [0.25, 0.3) is 11.8 Å². The minimum atomic E-state index is -0.212. The number of amides is 2. The molecule has 2 amide bonds. The van der Waals surface area contributed by atoms with Gasteiger partial charge in [0.05, 0.1) is 0 Å². The Labute approximate surface area is 146 Å². The van der Waals surface area contributed by atoms with E-state index in [9.17, 15) is 9.59 Å². The fourth-order valence-corrected chi connectivity index (χ4v) is 2.65. The average Bonchev–Trinajstić information content (AvgIpc) is 3.03. The van der Waals surface area contributed by atoms with Gasteiger partial charge in [-0.25, -0.2) is 0 Å². The maximum Gasteiger partial charge on any atom is 0.272 e. The first-order valence-corrected chi connectivity index (χ1v) is 7.55. The van der Waals surface area contributed by atoms with Gasteiger partial charge in [0.1, 0.15) is 0 Å². The van der Waals surface area contributed by atoms with Gasteiger partial charge in [-0.1, -0.05) is 12.1 Å². The topological polar surface area (TPSA) is 98.9 Å². The molecule has 24 heavy (non-hydrogen) atoms. The van der Waals surface area contributed by atoms with E-state index in [0.717, 1.165) is 29.8 Å². The van der Waals surface area contributed by atoms with Crippen molar-refractivity contribution in [1.82, 2.24) is 26.1 Å². The summed E-state index contributed by atoms with van der Waals surface area (Å²) in [5.41, 5.74) is 3.83. The van der Waals surface area contributed by atoms with Crippen LogP contribution in [0.3, 0.4) is 0 Å². The molecule has 1 aromatic carbocycles. The van der Waals surface area contributed by atoms with Gasteiger partial charge >= 0.3 is 0 Å². The molecule has 3 rings (SSSR count). The maximum absolute atomic E-state index is 12.3. The number of aromatic nitrogens is 2. The molecular weight excluding hydrogens is 330 g/mol. The Morgan fingerprint density at radius 1 is 1.29 bits per heavy atom. The number of halogens is 1. The van der Waals surface area contributed by atoms with Gasteiger partial charge in [0.15, 0.2) is 5.69 Å². The SMILES string of the molecule is CNC(=O)c1cccc(CNC(=O)c2n[nH]c3c2CNCC3)c1.Cl. The second-order valence-electron chi connectivity index (χ2n) is 5.42. The summed E-state index contributed by atoms with van der Waals surface area (Å²) in [6.45, 7) is 1.89. The van der Waals surface area contributed by atoms with Crippen molar-refractivity contribution in [3.63, 3.8) is 0 Å². The van der Waals surface area contributed by atoms with Crippen LogP contribution in [0, 0.1) is 0 Å². The van der Waals surface area contributed by atoms with Gasteiger partial charge in [-0.05, 0) is 17.7 Å². The highest BCUT2D eigenvalue weighted by Crippen LogP contribution is 2.15. The molecule has 8 heteroatoms. The predicted molar refractivity (Wildman–Crippen MR) is 92.2 cm³/mol. The minimum Gasteiger partial charge on any atom is -0.355 e. The molecule has 128 valence electrons. The van der Waals surface area contributed by atoms with Crippen LogP contribution in [0.2, 0.25) is 0 Å². The molecule has 0 saturated heterocycles. The van der Waals surface area contributed by atoms with Crippen LogP contribution in [0.4, 0.5) is 0 Å². The van der Waals surface area contributed by atoms with Crippen molar-refractivity contribution in [3.8, 4) is 0 Å². The number of benzene rings is 1. The monoisotopic (exact) mass is 349 g/mol. The number of hydrogen-bond acceptors (Lipinski definition) is 4. The third kappa shape index (κ3) is 3.74. The Balaban J connectivity index is 0.00000208. The molecule has 2 aromatic rings. The molecule has 0 aliphatic carbocycles. The smallest absolute Gasteiger partial charge is 0.272 e. The number of fused-ring (bicyclic) bond motifs is 1. The highest BCUT2D eigenvalue weighted by Gasteiger charge is 2.21. The van der Waals surface area contributed by atoms with Crippen molar-refractivity contribution in [1.29, 1.82) is 0 Å². The average molecular weight is 350 g/mol. The Hall–Kier alpha value is -2.38. The highest BCUT2D eigenvalue weighted by molar-refractivity contribution is 5.95. The Kier molecular flexibility index (Phi) is 5.94. The summed E-state index contributed by atoms with van der Waals surface area (Å²) in [6, 6.07) is 7.17. The van der Waals surface area contributed by atoms with E-state index in [1.165, 1.54) is 0 Å². The fourth-order valence-electron chi connectivity index (χ4n) is 2.65. The van der Waals surface area contributed by atoms with Gasteiger partial charge in [-0.15, -0.1) is 12.4 Å². The zero-order valence-electron chi connectivity index (χ0n) is 13.3. The molecule has 1 aliphatic heterocycles. The number of carbonyl (C=O) groups excluding carboxylic acids is 2. The van der Waals surface area contributed by atoms with Crippen molar-refractivity contribution < 1.29 is 9.59 Å². The molecule has 0 unspecified atom stereocenters. The molecule has 1 aliphatic rings. The van der Waals surface area contributed by atoms with Crippen molar-refractivity contribution in [2.24, 2.45) is 0 Å². The van der Waals surface area contributed by atoms with Gasteiger partial charge < -0.3 is 16.0 Å². The molecule has 0 radical (unpaired) electrons. The first-order chi connectivity index (χ1) is 11.2. The van der Waals surface area contributed by atoms with E-state index in [-0.39, 0.29) is 24.2 Å². The summed E-state index contributed by atoms with van der Waals surface area (Å²) >= 11 is 0. The van der Waals surface area contributed by atoms with Crippen LogP contribution in [0.5, 0.6) is 0 Å². The summed E-state index contributed by atoms with van der Waals surface area (Å²) in [5, 5.41) is 15.7. The highest BCUT2D eigenvalue weighted by atomic mass is 35.5. The van der Waals surface area contributed by atoms with Crippen molar-refractivity contribution in [3.05, 3.63) is 52.3 Å². The van der Waals surface area contributed by atoms with Crippen LogP contribution < -0.4 is 16.0 Å². The van der Waals surface area contributed by atoms with Crippen molar-refractivity contribution in [2.45, 2.75) is 19.5 Å². The zero-order chi connectivity index (χ0) is 16.2. The second kappa shape index (κ2) is 7.94. The minimum absolute atomic E-state index is 0. The molecule has 7 nitrogen and oxygen atoms in total. The number of aromatic amines is 1. The third-order valence-electron chi connectivity index (χ3n) is 3.89. The number of nitrogens with one attached hydrogen (secondary N) is 4. The third-order valence-corrected chi connectivity index (χ3v) is 3.89. The summed E-state index contributed by atoms with van der Waals surface area (Å²) in [7, 11) is 1.59. The molecule has 2 heterocycles. The largest absolute Gasteiger partial charge is 0.355 e. The number of hydrogen-bond donors (Lipinski definition) is 4. The Morgan fingerprint density at radius 2 is 2.12 bits per heavy atom. The van der Waals surface area contributed by atoms with Gasteiger partial charge in [-0.3, -0.25) is 14.7 Å². The number of rotatable bonds is 4. The van der Waals surface area contributed by atoms with Crippen LogP contribution in [0.25, 0.3) is 0 Å². The fraction of sp³-hybridized carbons (Fsp3) is 0.312. The van der Waals surface area contributed by atoms with Gasteiger partial charge in [-0.2, -0.15) is 5.10 Å². The van der Waals surface area contributed by atoms with Gasteiger partial charge in [0, 0.05) is 49.9 Å². The molecular formula is C16H20ClN5O2. The summed E-state index contributed by atoms with van der Waals surface area (Å²) in [4.78, 5) is 24.0. The lowest BCUT2D eigenvalue weighted by Crippen LogP contribution is -2.28. The van der Waals surface area contributed by atoms with E-state index >= 15 is 0 Å². The first-order valence-electron chi connectivity index (χ1n) is 7.55. The normalized spacial score (nSPS) is 12.7. The lowest BCUT2D eigenvalue weighted by molar-refractivity contribution is 0.0943. The quantitative estimate of drug-likeness (QED) is 0.655. The van der Waals surface area contributed by atoms with Crippen LogP contribution in [0.1, 0.15) is 37.7 Å². The van der Waals surface area contributed by atoms with Crippen molar-refractivity contribution in [2.75, 3.05) is 13.6 Å². The second-order valence-corrected chi connectivity index (χ2v) is 5.42. The molecule has 0 atom stereocenters. The van der Waals surface area contributed by atoms with E-state index in [1.807, 2.05) is 6.07 Å². The first kappa shape index (κ1) is 18.0. The summed E-state index contributed by atoms with van der Waals surface area (Å²) in [6.07, 6.45) is 0.851. The van der Waals surface area contributed by atoms with E-state index in [0.29, 0.717) is 24.3 Å². The van der Waals surface area contributed by atoms with E-state index < -0.39 is 0 Å². The van der Waals surface area contributed by atoms with Crippen molar-refractivity contribution >= 4 is 24.2 Å². The lowest BCUT2D eigenvalue weighted by atomic mass is 10.1. The number of carbonyl (C=O) groups is 2. The molecule has 0 spiro atoms. The Morgan fingerprint density at radius 3 is 2.92 bits per heavy atom. The van der Waals surface area contributed by atoms with Crippen LogP contribution >= 0.6 is 12.4 Å². The molecule has 4 N–H and O–H groups in total. The summed E-state index contributed by atoms with van der Waals surface area (Å²) < 4.78 is 0. The van der Waals surface area contributed by atoms with E-state index in [4.69, 9.17) is 0 Å². The van der Waals surface area contributed by atoms with Crippen LogP contribution in [0.15, 0.2) is 24.3 Å². The Bertz CT molecular complexity index is 744. The van der Waals surface area contributed by atoms with E-state index in [2.05, 4.69) is 26.1 Å². The summed E-state index contributed by atoms with van der Waals surface area (Å²) in [5.74, 6) is -0.359. The predicted octanol–water partition coefficient (Wildman–Crippen LogP) is 0.767. The standard InChI is InChI=1S/C16H19N5O2.ClH/c1-17-15(22)11-4-2-3-10(7-11)8-19-16(23)14-12-9-18-6-5-13(12)20-21-14;/h2-4,7,18H,5-6,8-9H2,1H3,(H,17,22)(H,19,23)(H,20,21);1H. The van der Waals surface area contributed by atoms with Gasteiger partial charge in [0.2, 0.25) is 0 Å².